The summed E-state index contributed by atoms with van der Waals surface area (Å²) in [6, 6.07) is 18.7. The van der Waals surface area contributed by atoms with Crippen molar-refractivity contribution in [1.82, 2.24) is 0 Å². The first-order chi connectivity index (χ1) is 7.81. The molecule has 0 aliphatic heterocycles. The van der Waals surface area contributed by atoms with Gasteiger partial charge in [-0.15, -0.1) is 0 Å². The Kier molecular flexibility index (Phi) is 3.02. The van der Waals surface area contributed by atoms with Crippen LogP contribution in [0, 0.1) is 0 Å². The van der Waals surface area contributed by atoms with Gasteiger partial charge in [0.25, 0.3) is 0 Å². The zero-order valence-corrected chi connectivity index (χ0v) is 9.19. The van der Waals surface area contributed by atoms with Crippen LogP contribution in [-0.2, 0) is 0 Å². The van der Waals surface area contributed by atoms with Crippen molar-refractivity contribution in [2.45, 2.75) is 0 Å². The van der Waals surface area contributed by atoms with Crippen LogP contribution >= 0.6 is 0 Å². The first-order valence-electron chi connectivity index (χ1n) is 5.28. The number of rotatable bonds is 3. The van der Waals surface area contributed by atoms with Gasteiger partial charge in [0.2, 0.25) is 0 Å². The molecule has 2 rings (SSSR count). The molecule has 0 unspecified atom stereocenters. The van der Waals surface area contributed by atoms with Crippen molar-refractivity contribution in [3.8, 4) is 11.1 Å². The van der Waals surface area contributed by atoms with Crippen LogP contribution in [0.3, 0.4) is 0 Å². The second-order valence-corrected chi connectivity index (χ2v) is 3.67. The van der Waals surface area contributed by atoms with Crippen molar-refractivity contribution >= 4 is 5.57 Å². The van der Waals surface area contributed by atoms with Gasteiger partial charge in [0.1, 0.15) is 0 Å². The van der Waals surface area contributed by atoms with E-state index in [1.165, 1.54) is 11.1 Å². The maximum absolute atomic E-state index is 3.93. The summed E-state index contributed by atoms with van der Waals surface area (Å²) in [6.45, 7) is 7.65. The van der Waals surface area contributed by atoms with Crippen molar-refractivity contribution in [2.24, 2.45) is 0 Å². The Bertz CT molecular complexity index is 489. The minimum atomic E-state index is 0.958. The highest BCUT2D eigenvalue weighted by Gasteiger charge is 1.97. The molecule has 0 saturated carbocycles. The van der Waals surface area contributed by atoms with Gasteiger partial charge in [0, 0.05) is 0 Å². The Balaban J connectivity index is 2.33. The maximum Gasteiger partial charge on any atom is -0.0184 e. The molecule has 78 valence electrons. The Hall–Kier alpha value is -2.08. The zero-order valence-electron chi connectivity index (χ0n) is 9.19. The second kappa shape index (κ2) is 4.63. The van der Waals surface area contributed by atoms with E-state index in [4.69, 9.17) is 0 Å². The molecule has 0 radical (unpaired) electrons. The predicted molar refractivity (Wildman–Crippen MR) is 71.1 cm³/mol. The Morgan fingerprint density at radius 1 is 0.812 bits per heavy atom. The van der Waals surface area contributed by atoms with Gasteiger partial charge in [-0.2, -0.15) is 0 Å². The fourth-order valence-corrected chi connectivity index (χ4v) is 1.63. The van der Waals surface area contributed by atoms with E-state index >= 15 is 0 Å². The van der Waals surface area contributed by atoms with E-state index in [2.05, 4.69) is 49.6 Å². The van der Waals surface area contributed by atoms with Crippen molar-refractivity contribution < 1.29 is 0 Å². The summed E-state index contributed by atoms with van der Waals surface area (Å²) in [5.41, 5.74) is 4.54. The van der Waals surface area contributed by atoms with E-state index in [0.29, 0.717) is 0 Å². The molecule has 0 aliphatic rings. The lowest BCUT2D eigenvalue weighted by molar-refractivity contribution is 1.59. The first kappa shape index (κ1) is 10.4. The third kappa shape index (κ3) is 2.12. The van der Waals surface area contributed by atoms with Gasteiger partial charge < -0.3 is 0 Å². The summed E-state index contributed by atoms with van der Waals surface area (Å²) >= 11 is 0. The quantitative estimate of drug-likeness (QED) is 0.646. The fraction of sp³-hybridized carbons (Fsp3) is 0. The smallest absolute Gasteiger partial charge is 0.0184 e. The second-order valence-electron chi connectivity index (χ2n) is 3.67. The van der Waals surface area contributed by atoms with Gasteiger partial charge in [-0.3, -0.25) is 0 Å². The first-order valence-corrected chi connectivity index (χ1v) is 5.28. The molecule has 0 atom stereocenters. The Morgan fingerprint density at radius 2 is 1.38 bits per heavy atom. The number of allylic oxidation sites excluding steroid dienone is 2. The topological polar surface area (TPSA) is 0 Å². The van der Waals surface area contributed by atoms with Crippen LogP contribution in [0.4, 0.5) is 0 Å². The van der Waals surface area contributed by atoms with Gasteiger partial charge in [-0.25, -0.2) is 0 Å². The van der Waals surface area contributed by atoms with Crippen LogP contribution in [0.25, 0.3) is 16.7 Å². The summed E-state index contributed by atoms with van der Waals surface area (Å²) in [7, 11) is 0. The molecule has 0 spiro atoms. The van der Waals surface area contributed by atoms with Crippen LogP contribution in [-0.4, -0.2) is 0 Å². The lowest BCUT2D eigenvalue weighted by Crippen LogP contribution is -1.80. The standard InChI is InChI=1S/C16H14/c1-3-13(2)14-9-11-16(12-10-14)15-7-5-4-6-8-15/h3-12H,1-2H2. The number of hydrogen-bond acceptors (Lipinski definition) is 0. The minimum Gasteiger partial charge on any atom is -0.0985 e. The van der Waals surface area contributed by atoms with E-state index in [0.717, 1.165) is 11.1 Å². The number of hydrogen-bond donors (Lipinski definition) is 0. The largest absolute Gasteiger partial charge is 0.0985 e. The Labute approximate surface area is 96.6 Å². The monoisotopic (exact) mass is 206 g/mol. The molecule has 2 aromatic carbocycles. The van der Waals surface area contributed by atoms with Gasteiger partial charge in [0.15, 0.2) is 0 Å². The lowest BCUT2D eigenvalue weighted by atomic mass is 10.0. The van der Waals surface area contributed by atoms with Crippen molar-refractivity contribution in [3.05, 3.63) is 79.4 Å². The van der Waals surface area contributed by atoms with Crippen LogP contribution in [0.2, 0.25) is 0 Å². The molecule has 0 heteroatoms. The van der Waals surface area contributed by atoms with Gasteiger partial charge in [-0.05, 0) is 22.3 Å². The Morgan fingerprint density at radius 3 is 1.94 bits per heavy atom. The van der Waals surface area contributed by atoms with Crippen LogP contribution in [0.1, 0.15) is 5.56 Å². The highest BCUT2D eigenvalue weighted by atomic mass is 14.0. The zero-order chi connectivity index (χ0) is 11.4. The molecular weight excluding hydrogens is 192 g/mol. The molecule has 0 saturated heterocycles. The maximum atomic E-state index is 3.93. The SMILES string of the molecule is C=CC(=C)c1ccc(-c2ccccc2)cc1. The van der Waals surface area contributed by atoms with Gasteiger partial charge in [-0.1, -0.05) is 73.8 Å². The molecule has 0 nitrogen and oxygen atoms in total. The van der Waals surface area contributed by atoms with Crippen molar-refractivity contribution in [3.63, 3.8) is 0 Å². The molecular formula is C16H14. The van der Waals surface area contributed by atoms with Crippen molar-refractivity contribution in [2.75, 3.05) is 0 Å². The highest BCUT2D eigenvalue weighted by Crippen LogP contribution is 2.21. The molecule has 0 aliphatic carbocycles. The molecule has 2 aromatic rings. The summed E-state index contributed by atoms with van der Waals surface area (Å²) in [4.78, 5) is 0. The molecule has 0 N–H and O–H groups in total. The third-order valence-electron chi connectivity index (χ3n) is 2.61. The van der Waals surface area contributed by atoms with Crippen LogP contribution < -0.4 is 0 Å². The summed E-state index contributed by atoms with van der Waals surface area (Å²) < 4.78 is 0. The highest BCUT2D eigenvalue weighted by molar-refractivity contribution is 5.74. The normalized spacial score (nSPS) is 9.75. The minimum absolute atomic E-state index is 0.958. The van der Waals surface area contributed by atoms with Gasteiger partial charge in [0.05, 0.1) is 0 Å². The molecule has 0 amide bonds. The molecule has 0 fully saturated rings. The predicted octanol–water partition coefficient (Wildman–Crippen LogP) is 4.55. The van der Waals surface area contributed by atoms with E-state index in [-0.39, 0.29) is 0 Å². The van der Waals surface area contributed by atoms with E-state index in [1.54, 1.807) is 6.08 Å². The molecule has 0 bridgehead atoms. The summed E-state index contributed by atoms with van der Waals surface area (Å²) in [5, 5.41) is 0. The van der Waals surface area contributed by atoms with Crippen molar-refractivity contribution in [1.29, 1.82) is 0 Å². The van der Waals surface area contributed by atoms with Gasteiger partial charge >= 0.3 is 0 Å². The average molecular weight is 206 g/mol. The fourth-order valence-electron chi connectivity index (χ4n) is 1.63. The molecule has 0 aromatic heterocycles. The van der Waals surface area contributed by atoms with E-state index in [9.17, 15) is 0 Å². The van der Waals surface area contributed by atoms with Crippen LogP contribution in [0.5, 0.6) is 0 Å². The number of benzene rings is 2. The summed E-state index contributed by atoms with van der Waals surface area (Å²) in [5.74, 6) is 0. The molecule has 0 heterocycles. The third-order valence-corrected chi connectivity index (χ3v) is 2.61. The lowest BCUT2D eigenvalue weighted by Gasteiger charge is -2.04. The molecule has 16 heavy (non-hydrogen) atoms. The van der Waals surface area contributed by atoms with E-state index < -0.39 is 0 Å². The summed E-state index contributed by atoms with van der Waals surface area (Å²) in [6.07, 6.45) is 1.78. The van der Waals surface area contributed by atoms with E-state index in [1.807, 2.05) is 18.2 Å². The van der Waals surface area contributed by atoms with Crippen LogP contribution in [0.15, 0.2) is 73.8 Å². The average Bonchev–Trinajstić information content (AvgIpc) is 2.39.